The smallest absolute Gasteiger partial charge is 0.238 e. The van der Waals surface area contributed by atoms with Crippen molar-refractivity contribution in [1.29, 1.82) is 0 Å². The fraction of sp³-hybridized carbons (Fsp3) is 0.286. The van der Waals surface area contributed by atoms with Gasteiger partial charge in [0.2, 0.25) is 15.9 Å². The first-order valence-electron chi connectivity index (χ1n) is 9.36. The fourth-order valence-corrected chi connectivity index (χ4v) is 4.21. The molecule has 1 aliphatic rings. The van der Waals surface area contributed by atoms with E-state index in [2.05, 4.69) is 5.32 Å². The summed E-state index contributed by atoms with van der Waals surface area (Å²) in [6.45, 7) is 1.96. The van der Waals surface area contributed by atoms with Gasteiger partial charge in [0, 0.05) is 37.3 Å². The van der Waals surface area contributed by atoms with Crippen LogP contribution in [0.15, 0.2) is 60.0 Å². The summed E-state index contributed by atoms with van der Waals surface area (Å²) in [6.07, 6.45) is 1.60. The van der Waals surface area contributed by atoms with Crippen LogP contribution >= 0.6 is 0 Å². The van der Waals surface area contributed by atoms with Crippen molar-refractivity contribution in [3.63, 3.8) is 0 Å². The van der Waals surface area contributed by atoms with Gasteiger partial charge in [0.1, 0.15) is 5.75 Å². The quantitative estimate of drug-likeness (QED) is 0.750. The summed E-state index contributed by atoms with van der Waals surface area (Å²) in [5.74, 6) is 0.595. The van der Waals surface area contributed by atoms with E-state index in [0.717, 1.165) is 11.3 Å². The van der Waals surface area contributed by atoms with E-state index < -0.39 is 10.0 Å². The van der Waals surface area contributed by atoms with Crippen molar-refractivity contribution in [1.82, 2.24) is 9.21 Å². The third kappa shape index (κ3) is 6.15. The number of piperazine rings is 1. The van der Waals surface area contributed by atoms with Crippen LogP contribution in [0.1, 0.15) is 5.56 Å². The number of nitrogens with zero attached hydrogens (tertiary/aromatic N) is 2. The monoisotopic (exact) mass is 415 g/mol. The second kappa shape index (κ2) is 9.69. The van der Waals surface area contributed by atoms with E-state index in [0.29, 0.717) is 31.9 Å². The fourth-order valence-electron chi connectivity index (χ4n) is 3.03. The Morgan fingerprint density at radius 3 is 2.31 bits per heavy atom. The van der Waals surface area contributed by atoms with Crippen LogP contribution in [0, 0.1) is 0 Å². The summed E-state index contributed by atoms with van der Waals surface area (Å²) in [4.78, 5) is 14.2. The van der Waals surface area contributed by atoms with Gasteiger partial charge in [0.05, 0.1) is 13.7 Å². The van der Waals surface area contributed by atoms with Gasteiger partial charge in [-0.05, 0) is 35.9 Å². The van der Waals surface area contributed by atoms with E-state index in [-0.39, 0.29) is 12.5 Å². The summed E-state index contributed by atoms with van der Waals surface area (Å²) < 4.78 is 31.6. The summed E-state index contributed by atoms with van der Waals surface area (Å²) >= 11 is 0. The molecule has 0 spiro atoms. The molecule has 2 aromatic carbocycles. The topological polar surface area (TPSA) is 79.0 Å². The van der Waals surface area contributed by atoms with Gasteiger partial charge in [-0.1, -0.05) is 30.3 Å². The SMILES string of the molecule is COc1ccc(NC(=O)CN2CCN(S(=O)(=O)C=Cc3ccccc3)CC2)cc1. The molecule has 1 amide bonds. The average Bonchev–Trinajstić information content (AvgIpc) is 2.74. The van der Waals surface area contributed by atoms with Crippen molar-refractivity contribution in [3.8, 4) is 5.75 Å². The molecule has 1 heterocycles. The molecule has 1 saturated heterocycles. The summed E-state index contributed by atoms with van der Waals surface area (Å²) in [6, 6.07) is 16.4. The highest BCUT2D eigenvalue weighted by Gasteiger charge is 2.25. The molecule has 3 rings (SSSR count). The van der Waals surface area contributed by atoms with E-state index in [1.54, 1.807) is 37.5 Å². The predicted molar refractivity (Wildman–Crippen MR) is 114 cm³/mol. The third-order valence-corrected chi connectivity index (χ3v) is 6.23. The minimum atomic E-state index is -3.47. The largest absolute Gasteiger partial charge is 0.497 e. The lowest BCUT2D eigenvalue weighted by atomic mass is 10.2. The second-order valence-electron chi connectivity index (χ2n) is 6.71. The zero-order chi connectivity index (χ0) is 20.7. The van der Waals surface area contributed by atoms with Crippen LogP contribution in [0.5, 0.6) is 5.75 Å². The van der Waals surface area contributed by atoms with Crippen molar-refractivity contribution in [3.05, 3.63) is 65.6 Å². The van der Waals surface area contributed by atoms with E-state index in [1.165, 1.54) is 9.71 Å². The predicted octanol–water partition coefficient (Wildman–Crippen LogP) is 2.25. The molecule has 0 bridgehead atoms. The molecule has 154 valence electrons. The van der Waals surface area contributed by atoms with Crippen LogP contribution in [-0.4, -0.2) is 63.4 Å². The molecule has 1 aliphatic heterocycles. The zero-order valence-electron chi connectivity index (χ0n) is 16.3. The maximum Gasteiger partial charge on any atom is 0.238 e. The molecular formula is C21H25N3O4S. The molecule has 1 fully saturated rings. The first-order valence-corrected chi connectivity index (χ1v) is 10.9. The molecule has 2 aromatic rings. The highest BCUT2D eigenvalue weighted by atomic mass is 32.2. The minimum absolute atomic E-state index is 0.129. The van der Waals surface area contributed by atoms with Gasteiger partial charge in [-0.15, -0.1) is 0 Å². The maximum atomic E-state index is 12.5. The summed E-state index contributed by atoms with van der Waals surface area (Å²) in [5.41, 5.74) is 1.54. The van der Waals surface area contributed by atoms with E-state index in [9.17, 15) is 13.2 Å². The number of hydrogen-bond acceptors (Lipinski definition) is 5. The molecule has 0 unspecified atom stereocenters. The number of anilines is 1. The van der Waals surface area contributed by atoms with Gasteiger partial charge in [-0.25, -0.2) is 8.42 Å². The lowest BCUT2D eigenvalue weighted by Gasteiger charge is -2.32. The number of hydrogen-bond donors (Lipinski definition) is 1. The lowest BCUT2D eigenvalue weighted by molar-refractivity contribution is -0.117. The van der Waals surface area contributed by atoms with Crippen LogP contribution in [0.2, 0.25) is 0 Å². The Bertz CT molecular complexity index is 936. The second-order valence-corrected chi connectivity index (χ2v) is 8.53. The number of rotatable bonds is 7. The van der Waals surface area contributed by atoms with Crippen LogP contribution in [-0.2, 0) is 14.8 Å². The maximum absolute atomic E-state index is 12.5. The molecule has 29 heavy (non-hydrogen) atoms. The van der Waals surface area contributed by atoms with Crippen LogP contribution in [0.3, 0.4) is 0 Å². The van der Waals surface area contributed by atoms with Crippen LogP contribution in [0.25, 0.3) is 6.08 Å². The summed E-state index contributed by atoms with van der Waals surface area (Å²) in [5, 5.41) is 4.09. The Balaban J connectivity index is 1.48. The highest BCUT2D eigenvalue weighted by Crippen LogP contribution is 2.15. The van der Waals surface area contributed by atoms with E-state index in [1.807, 2.05) is 35.2 Å². The highest BCUT2D eigenvalue weighted by molar-refractivity contribution is 7.92. The normalized spacial score (nSPS) is 16.0. The van der Waals surface area contributed by atoms with Crippen LogP contribution in [0.4, 0.5) is 5.69 Å². The number of carbonyl (C=O) groups excluding carboxylic acids is 1. The Morgan fingerprint density at radius 1 is 1.03 bits per heavy atom. The molecular weight excluding hydrogens is 390 g/mol. The van der Waals surface area contributed by atoms with Gasteiger partial charge >= 0.3 is 0 Å². The van der Waals surface area contributed by atoms with Crippen molar-refractivity contribution < 1.29 is 17.9 Å². The van der Waals surface area contributed by atoms with Gasteiger partial charge in [-0.2, -0.15) is 4.31 Å². The van der Waals surface area contributed by atoms with Gasteiger partial charge in [-0.3, -0.25) is 9.69 Å². The number of carbonyl (C=O) groups is 1. The number of ether oxygens (including phenoxy) is 1. The van der Waals surface area contributed by atoms with Crippen molar-refractivity contribution in [2.75, 3.05) is 45.2 Å². The first-order chi connectivity index (χ1) is 14.0. The number of methoxy groups -OCH3 is 1. The van der Waals surface area contributed by atoms with E-state index >= 15 is 0 Å². The van der Waals surface area contributed by atoms with Gasteiger partial charge in [0.25, 0.3) is 0 Å². The van der Waals surface area contributed by atoms with Gasteiger partial charge < -0.3 is 10.1 Å². The van der Waals surface area contributed by atoms with Crippen molar-refractivity contribution in [2.45, 2.75) is 0 Å². The Labute approximate surface area is 171 Å². The number of benzene rings is 2. The van der Waals surface area contributed by atoms with E-state index in [4.69, 9.17) is 4.74 Å². The molecule has 1 N–H and O–H groups in total. The molecule has 7 nitrogen and oxygen atoms in total. The molecule has 0 aliphatic carbocycles. The standard InChI is InChI=1S/C21H25N3O4S/c1-28-20-9-7-19(8-10-20)22-21(25)17-23-12-14-24(15-13-23)29(26,27)16-11-18-5-3-2-4-6-18/h2-11,16H,12-15,17H2,1H3,(H,22,25). The number of amides is 1. The molecule has 0 radical (unpaired) electrons. The number of nitrogens with one attached hydrogen (secondary N) is 1. The zero-order valence-corrected chi connectivity index (χ0v) is 17.1. The lowest BCUT2D eigenvalue weighted by Crippen LogP contribution is -2.49. The van der Waals surface area contributed by atoms with Crippen molar-refractivity contribution in [2.24, 2.45) is 0 Å². The molecule has 8 heteroatoms. The molecule has 0 atom stereocenters. The molecule has 0 aromatic heterocycles. The Morgan fingerprint density at radius 2 is 1.69 bits per heavy atom. The average molecular weight is 416 g/mol. The van der Waals surface area contributed by atoms with Crippen LogP contribution < -0.4 is 10.1 Å². The van der Waals surface area contributed by atoms with Gasteiger partial charge in [0.15, 0.2) is 0 Å². The molecule has 0 saturated carbocycles. The first kappa shape index (κ1) is 21.0. The Kier molecular flexibility index (Phi) is 7.03. The number of sulfonamides is 1. The van der Waals surface area contributed by atoms with Crippen molar-refractivity contribution >= 4 is 27.7 Å². The minimum Gasteiger partial charge on any atom is -0.497 e. The third-order valence-electron chi connectivity index (χ3n) is 4.66. The summed E-state index contributed by atoms with van der Waals surface area (Å²) in [7, 11) is -1.89. The Hall–Kier alpha value is -2.68.